The maximum Gasteiger partial charge on any atom is 0.339 e. The van der Waals surface area contributed by atoms with Crippen LogP contribution in [-0.4, -0.2) is 18.2 Å². The minimum absolute atomic E-state index is 0.161. The lowest BCUT2D eigenvalue weighted by Gasteiger charge is -2.08. The fourth-order valence-electron chi connectivity index (χ4n) is 1.97. The number of benzene rings is 2. The van der Waals surface area contributed by atoms with Crippen LogP contribution in [0.15, 0.2) is 42.7 Å². The number of carboxylic acid groups (broad SMARTS) is 1. The van der Waals surface area contributed by atoms with Crippen LogP contribution in [-0.2, 0) is 9.53 Å². The van der Waals surface area contributed by atoms with E-state index in [1.165, 1.54) is 13.4 Å². The van der Waals surface area contributed by atoms with E-state index in [1.807, 2.05) is 37.3 Å². The lowest BCUT2D eigenvalue weighted by Crippen LogP contribution is -2.01. The number of carboxylic acids is 1. The van der Waals surface area contributed by atoms with Crippen LogP contribution >= 0.6 is 0 Å². The molecule has 0 bridgehead atoms. The van der Waals surface area contributed by atoms with Crippen molar-refractivity contribution >= 4 is 22.3 Å². The molecule has 0 amide bonds. The SMILES string of the molecule is CO/C=C(/C(=O)O)c1cccc2ccc(C)cc12. The van der Waals surface area contributed by atoms with E-state index < -0.39 is 5.97 Å². The number of aryl methyl sites for hydroxylation is 1. The Bertz CT molecular complexity index is 627. The van der Waals surface area contributed by atoms with Crippen molar-refractivity contribution in [1.29, 1.82) is 0 Å². The monoisotopic (exact) mass is 242 g/mol. The predicted octanol–water partition coefficient (Wildman–Crippen LogP) is 3.22. The predicted molar refractivity (Wildman–Crippen MR) is 71.3 cm³/mol. The Balaban J connectivity index is 2.73. The summed E-state index contributed by atoms with van der Waals surface area (Å²) in [6, 6.07) is 11.6. The molecule has 3 heteroatoms. The average molecular weight is 242 g/mol. The van der Waals surface area contributed by atoms with E-state index in [2.05, 4.69) is 0 Å². The highest BCUT2D eigenvalue weighted by atomic mass is 16.5. The molecule has 0 saturated heterocycles. The molecule has 0 aliphatic carbocycles. The van der Waals surface area contributed by atoms with E-state index in [9.17, 15) is 9.90 Å². The molecule has 18 heavy (non-hydrogen) atoms. The van der Waals surface area contributed by atoms with Crippen molar-refractivity contribution in [2.75, 3.05) is 7.11 Å². The van der Waals surface area contributed by atoms with E-state index in [1.54, 1.807) is 6.07 Å². The van der Waals surface area contributed by atoms with Crippen LogP contribution in [0.5, 0.6) is 0 Å². The minimum atomic E-state index is -0.995. The summed E-state index contributed by atoms with van der Waals surface area (Å²) >= 11 is 0. The van der Waals surface area contributed by atoms with Crippen LogP contribution in [0.1, 0.15) is 11.1 Å². The Labute approximate surface area is 105 Å². The first-order chi connectivity index (χ1) is 8.63. The Hall–Kier alpha value is -2.29. The van der Waals surface area contributed by atoms with Crippen molar-refractivity contribution in [1.82, 2.24) is 0 Å². The Morgan fingerprint density at radius 1 is 1.28 bits per heavy atom. The van der Waals surface area contributed by atoms with Gasteiger partial charge in [-0.3, -0.25) is 0 Å². The number of carbonyl (C=O) groups is 1. The van der Waals surface area contributed by atoms with Gasteiger partial charge in [-0.05, 0) is 23.3 Å². The van der Waals surface area contributed by atoms with Gasteiger partial charge in [0.25, 0.3) is 0 Å². The molecular formula is C15H14O3. The summed E-state index contributed by atoms with van der Waals surface area (Å²) in [6.45, 7) is 1.98. The first-order valence-corrected chi connectivity index (χ1v) is 5.59. The van der Waals surface area contributed by atoms with Crippen LogP contribution in [0.2, 0.25) is 0 Å². The van der Waals surface area contributed by atoms with Gasteiger partial charge in [-0.1, -0.05) is 42.0 Å². The molecule has 92 valence electrons. The topological polar surface area (TPSA) is 46.5 Å². The van der Waals surface area contributed by atoms with Crippen LogP contribution in [0.4, 0.5) is 0 Å². The minimum Gasteiger partial charge on any atom is -0.503 e. The fourth-order valence-corrected chi connectivity index (χ4v) is 1.97. The van der Waals surface area contributed by atoms with Crippen molar-refractivity contribution < 1.29 is 14.6 Å². The van der Waals surface area contributed by atoms with Crippen LogP contribution < -0.4 is 0 Å². The molecule has 2 aromatic rings. The molecule has 2 aromatic carbocycles. The molecule has 0 fully saturated rings. The lowest BCUT2D eigenvalue weighted by atomic mass is 9.97. The van der Waals surface area contributed by atoms with Gasteiger partial charge in [0, 0.05) is 0 Å². The van der Waals surface area contributed by atoms with Gasteiger partial charge in [0.05, 0.1) is 13.4 Å². The number of ether oxygens (including phenoxy) is 1. The largest absolute Gasteiger partial charge is 0.503 e. The van der Waals surface area contributed by atoms with Gasteiger partial charge in [0.2, 0.25) is 0 Å². The first kappa shape index (κ1) is 12.2. The second-order valence-corrected chi connectivity index (χ2v) is 4.10. The second kappa shape index (κ2) is 4.92. The molecule has 2 rings (SSSR count). The van der Waals surface area contributed by atoms with Gasteiger partial charge in [0.1, 0.15) is 5.57 Å². The summed E-state index contributed by atoms with van der Waals surface area (Å²) in [5.74, 6) is -0.995. The maximum absolute atomic E-state index is 11.3. The summed E-state index contributed by atoms with van der Waals surface area (Å²) in [5.41, 5.74) is 1.93. The number of fused-ring (bicyclic) bond motifs is 1. The zero-order chi connectivity index (χ0) is 13.1. The molecular weight excluding hydrogens is 228 g/mol. The molecule has 0 aliphatic rings. The van der Waals surface area contributed by atoms with E-state index in [-0.39, 0.29) is 5.57 Å². The quantitative estimate of drug-likeness (QED) is 0.664. The maximum atomic E-state index is 11.3. The molecule has 0 aliphatic heterocycles. The number of hydrogen-bond acceptors (Lipinski definition) is 2. The summed E-state index contributed by atoms with van der Waals surface area (Å²) in [6.07, 6.45) is 1.26. The Morgan fingerprint density at radius 3 is 2.72 bits per heavy atom. The zero-order valence-corrected chi connectivity index (χ0v) is 10.3. The Kier molecular flexibility index (Phi) is 3.33. The smallest absolute Gasteiger partial charge is 0.339 e. The number of rotatable bonds is 3. The lowest BCUT2D eigenvalue weighted by molar-refractivity contribution is -0.130. The van der Waals surface area contributed by atoms with E-state index in [0.29, 0.717) is 5.56 Å². The third-order valence-corrected chi connectivity index (χ3v) is 2.79. The van der Waals surface area contributed by atoms with Crippen LogP contribution in [0.25, 0.3) is 16.3 Å². The summed E-state index contributed by atoms with van der Waals surface area (Å²) in [4.78, 5) is 11.3. The normalized spacial score (nSPS) is 11.6. The van der Waals surface area contributed by atoms with E-state index in [4.69, 9.17) is 4.74 Å². The van der Waals surface area contributed by atoms with Gasteiger partial charge in [-0.15, -0.1) is 0 Å². The van der Waals surface area contributed by atoms with Gasteiger partial charge >= 0.3 is 5.97 Å². The first-order valence-electron chi connectivity index (χ1n) is 5.59. The molecule has 0 spiro atoms. The molecule has 3 nitrogen and oxygen atoms in total. The highest BCUT2D eigenvalue weighted by Gasteiger charge is 2.13. The van der Waals surface area contributed by atoms with Crippen molar-refractivity contribution in [3.8, 4) is 0 Å². The van der Waals surface area contributed by atoms with Crippen molar-refractivity contribution in [2.24, 2.45) is 0 Å². The van der Waals surface area contributed by atoms with E-state index >= 15 is 0 Å². The molecule has 0 atom stereocenters. The fraction of sp³-hybridized carbons (Fsp3) is 0.133. The van der Waals surface area contributed by atoms with E-state index in [0.717, 1.165) is 16.3 Å². The molecule has 0 unspecified atom stereocenters. The summed E-state index contributed by atoms with van der Waals surface area (Å²) < 4.78 is 4.86. The summed E-state index contributed by atoms with van der Waals surface area (Å²) in [5, 5.41) is 11.2. The molecule has 0 heterocycles. The molecule has 0 saturated carbocycles. The molecule has 0 aromatic heterocycles. The summed E-state index contributed by atoms with van der Waals surface area (Å²) in [7, 11) is 1.44. The second-order valence-electron chi connectivity index (χ2n) is 4.10. The number of hydrogen-bond donors (Lipinski definition) is 1. The van der Waals surface area contributed by atoms with Gasteiger partial charge < -0.3 is 9.84 Å². The van der Waals surface area contributed by atoms with Gasteiger partial charge in [-0.2, -0.15) is 0 Å². The zero-order valence-electron chi connectivity index (χ0n) is 10.3. The number of methoxy groups -OCH3 is 1. The average Bonchev–Trinajstić information content (AvgIpc) is 2.35. The van der Waals surface area contributed by atoms with Crippen molar-refractivity contribution in [3.63, 3.8) is 0 Å². The standard InChI is InChI=1S/C15H14O3/c1-10-6-7-11-4-3-5-12(13(11)8-10)14(9-18-2)15(16)17/h3-9H,1-2H3,(H,16,17)/b14-9+. The number of aliphatic carboxylic acids is 1. The highest BCUT2D eigenvalue weighted by Crippen LogP contribution is 2.26. The van der Waals surface area contributed by atoms with Crippen LogP contribution in [0, 0.1) is 6.92 Å². The highest BCUT2D eigenvalue weighted by molar-refractivity contribution is 6.19. The molecule has 0 radical (unpaired) electrons. The van der Waals surface area contributed by atoms with Gasteiger partial charge in [-0.25, -0.2) is 4.79 Å². The van der Waals surface area contributed by atoms with Crippen LogP contribution in [0.3, 0.4) is 0 Å². The van der Waals surface area contributed by atoms with Crippen molar-refractivity contribution in [2.45, 2.75) is 6.92 Å². The molecule has 1 N–H and O–H groups in total. The van der Waals surface area contributed by atoms with Crippen molar-refractivity contribution in [3.05, 3.63) is 53.8 Å². The third kappa shape index (κ3) is 2.20. The third-order valence-electron chi connectivity index (χ3n) is 2.79. The Morgan fingerprint density at radius 2 is 2.06 bits per heavy atom. The van der Waals surface area contributed by atoms with Gasteiger partial charge in [0.15, 0.2) is 0 Å².